The van der Waals surface area contributed by atoms with Crippen molar-refractivity contribution in [1.29, 1.82) is 0 Å². The topological polar surface area (TPSA) is 18.5 Å². The average molecular weight is 360 g/mol. The quantitative estimate of drug-likeness (QED) is 0.491. The maximum Gasteiger partial charge on any atom is 0.128 e. The summed E-state index contributed by atoms with van der Waals surface area (Å²) >= 11 is 0. The van der Waals surface area contributed by atoms with E-state index in [2.05, 4.69) is 71.0 Å². The average Bonchev–Trinajstić information content (AvgIpc) is 2.64. The summed E-state index contributed by atoms with van der Waals surface area (Å²) in [6, 6.07) is 26.6. The summed E-state index contributed by atoms with van der Waals surface area (Å²) in [5, 5.41) is 0. The fraction of sp³-hybridized carbons (Fsp3) is 0.280. The normalized spacial score (nSPS) is 11.9. The molecular formula is C25H28O2. The van der Waals surface area contributed by atoms with Crippen LogP contribution in [0.4, 0.5) is 0 Å². The van der Waals surface area contributed by atoms with Gasteiger partial charge in [-0.2, -0.15) is 0 Å². The fourth-order valence-corrected chi connectivity index (χ4v) is 3.08. The molecule has 0 atom stereocenters. The lowest BCUT2D eigenvalue weighted by atomic mass is 9.96. The molecule has 2 nitrogen and oxygen atoms in total. The molecule has 3 aromatic rings. The van der Waals surface area contributed by atoms with E-state index in [-0.39, 0.29) is 0 Å². The predicted molar refractivity (Wildman–Crippen MR) is 111 cm³/mol. The summed E-state index contributed by atoms with van der Waals surface area (Å²) in [4.78, 5) is 0. The Bertz CT molecular complexity index is 860. The van der Waals surface area contributed by atoms with Crippen LogP contribution in [0.25, 0.3) is 0 Å². The van der Waals surface area contributed by atoms with Crippen molar-refractivity contribution >= 4 is 0 Å². The van der Waals surface area contributed by atoms with Crippen molar-refractivity contribution in [3.05, 3.63) is 95.6 Å². The van der Waals surface area contributed by atoms with Gasteiger partial charge in [-0.3, -0.25) is 0 Å². The second-order valence-electron chi connectivity index (χ2n) is 7.93. The van der Waals surface area contributed by atoms with Gasteiger partial charge >= 0.3 is 0 Å². The standard InChI is InChI=1S/C25H28O2/c1-19-11-15-22(16-12-19)26-25(4,5)21-13-17-23(18-14-21)27-24(2,3)20-9-7-6-8-10-20/h6-18H,1-5H3. The van der Waals surface area contributed by atoms with Gasteiger partial charge in [-0.15, -0.1) is 0 Å². The minimum Gasteiger partial charge on any atom is -0.483 e. The molecule has 0 bridgehead atoms. The maximum atomic E-state index is 6.25. The van der Waals surface area contributed by atoms with E-state index in [0.717, 1.165) is 22.6 Å². The highest BCUT2D eigenvalue weighted by Crippen LogP contribution is 2.31. The largest absolute Gasteiger partial charge is 0.483 e. The Kier molecular flexibility index (Phi) is 5.27. The van der Waals surface area contributed by atoms with Crippen molar-refractivity contribution in [2.75, 3.05) is 0 Å². The smallest absolute Gasteiger partial charge is 0.128 e. The monoisotopic (exact) mass is 360 g/mol. The zero-order valence-corrected chi connectivity index (χ0v) is 16.8. The van der Waals surface area contributed by atoms with E-state index in [1.54, 1.807) is 0 Å². The molecule has 0 unspecified atom stereocenters. The van der Waals surface area contributed by atoms with Crippen LogP contribution < -0.4 is 9.47 Å². The molecule has 0 aliphatic carbocycles. The number of rotatable bonds is 6. The molecular weight excluding hydrogens is 332 g/mol. The van der Waals surface area contributed by atoms with Crippen molar-refractivity contribution in [2.24, 2.45) is 0 Å². The summed E-state index contributed by atoms with van der Waals surface area (Å²) in [5.41, 5.74) is 2.66. The molecule has 27 heavy (non-hydrogen) atoms. The Hall–Kier alpha value is -2.74. The highest BCUT2D eigenvalue weighted by Gasteiger charge is 2.25. The van der Waals surface area contributed by atoms with Crippen molar-refractivity contribution in [2.45, 2.75) is 45.8 Å². The first kappa shape index (κ1) is 19.0. The van der Waals surface area contributed by atoms with Crippen LogP contribution in [0.3, 0.4) is 0 Å². The Morgan fingerprint density at radius 2 is 0.926 bits per heavy atom. The van der Waals surface area contributed by atoms with Gasteiger partial charge in [0.2, 0.25) is 0 Å². The minimum absolute atomic E-state index is 0.392. The SMILES string of the molecule is Cc1ccc(OC(C)(C)c2ccc(OC(C)(C)c3ccccc3)cc2)cc1. The zero-order chi connectivity index (χ0) is 19.5. The molecule has 0 spiro atoms. The Balaban J connectivity index is 1.73. The van der Waals surface area contributed by atoms with Gasteiger partial charge < -0.3 is 9.47 Å². The Labute approximate surface area is 162 Å². The molecule has 3 aromatic carbocycles. The molecule has 0 radical (unpaired) electrons. The van der Waals surface area contributed by atoms with Crippen LogP contribution in [0.2, 0.25) is 0 Å². The molecule has 0 fully saturated rings. The van der Waals surface area contributed by atoms with E-state index < -0.39 is 11.2 Å². The van der Waals surface area contributed by atoms with Crippen LogP contribution >= 0.6 is 0 Å². The summed E-state index contributed by atoms with van der Waals surface area (Å²) in [6.45, 7) is 10.4. The minimum atomic E-state index is -0.428. The molecule has 0 aliphatic rings. The number of hydrogen-bond donors (Lipinski definition) is 0. The molecule has 140 valence electrons. The first-order valence-electron chi connectivity index (χ1n) is 9.37. The number of benzene rings is 3. The van der Waals surface area contributed by atoms with Crippen LogP contribution in [0.1, 0.15) is 44.4 Å². The van der Waals surface area contributed by atoms with Gasteiger partial charge in [-0.25, -0.2) is 0 Å². The summed E-state index contributed by atoms with van der Waals surface area (Å²) < 4.78 is 12.5. The Morgan fingerprint density at radius 1 is 0.519 bits per heavy atom. The summed E-state index contributed by atoms with van der Waals surface area (Å²) in [5.74, 6) is 1.72. The van der Waals surface area contributed by atoms with Crippen LogP contribution in [-0.2, 0) is 11.2 Å². The van der Waals surface area contributed by atoms with E-state index in [0.29, 0.717) is 0 Å². The van der Waals surface area contributed by atoms with Gasteiger partial charge in [0.1, 0.15) is 22.7 Å². The lowest BCUT2D eigenvalue weighted by Gasteiger charge is -2.29. The maximum absolute atomic E-state index is 6.25. The molecule has 3 rings (SSSR count). The highest BCUT2D eigenvalue weighted by atomic mass is 16.5. The van der Waals surface area contributed by atoms with Crippen molar-refractivity contribution in [1.82, 2.24) is 0 Å². The summed E-state index contributed by atoms with van der Waals surface area (Å²) in [7, 11) is 0. The van der Waals surface area contributed by atoms with Gasteiger partial charge in [-0.1, -0.05) is 60.2 Å². The molecule has 0 N–H and O–H groups in total. The second-order valence-corrected chi connectivity index (χ2v) is 7.93. The highest BCUT2D eigenvalue weighted by molar-refractivity contribution is 5.34. The van der Waals surface area contributed by atoms with E-state index >= 15 is 0 Å². The summed E-state index contributed by atoms with van der Waals surface area (Å²) in [6.07, 6.45) is 0. The van der Waals surface area contributed by atoms with Crippen LogP contribution in [-0.4, -0.2) is 0 Å². The third kappa shape index (κ3) is 4.71. The van der Waals surface area contributed by atoms with Crippen molar-refractivity contribution in [3.63, 3.8) is 0 Å². The van der Waals surface area contributed by atoms with Crippen molar-refractivity contribution in [3.8, 4) is 11.5 Å². The second kappa shape index (κ2) is 7.48. The third-order valence-corrected chi connectivity index (χ3v) is 4.79. The van der Waals surface area contributed by atoms with Gasteiger partial charge in [-0.05, 0) is 70.0 Å². The van der Waals surface area contributed by atoms with Gasteiger partial charge in [0.25, 0.3) is 0 Å². The van der Waals surface area contributed by atoms with Gasteiger partial charge in [0.15, 0.2) is 0 Å². The number of aryl methyl sites for hydroxylation is 1. The zero-order valence-electron chi connectivity index (χ0n) is 16.8. The van der Waals surface area contributed by atoms with Crippen LogP contribution in [0.5, 0.6) is 11.5 Å². The Morgan fingerprint density at radius 3 is 1.41 bits per heavy atom. The van der Waals surface area contributed by atoms with E-state index in [1.807, 2.05) is 42.5 Å². The van der Waals surface area contributed by atoms with E-state index in [4.69, 9.17) is 9.47 Å². The molecule has 0 amide bonds. The lowest BCUT2D eigenvalue weighted by molar-refractivity contribution is 0.105. The molecule has 0 heterocycles. The van der Waals surface area contributed by atoms with E-state index in [9.17, 15) is 0 Å². The first-order chi connectivity index (χ1) is 12.8. The number of ether oxygens (including phenoxy) is 2. The fourth-order valence-electron chi connectivity index (χ4n) is 3.08. The van der Waals surface area contributed by atoms with Crippen molar-refractivity contribution < 1.29 is 9.47 Å². The lowest BCUT2D eigenvalue weighted by Crippen LogP contribution is -2.26. The molecule has 0 aromatic heterocycles. The first-order valence-corrected chi connectivity index (χ1v) is 9.37. The van der Waals surface area contributed by atoms with Crippen LogP contribution in [0, 0.1) is 6.92 Å². The molecule has 2 heteroatoms. The number of hydrogen-bond acceptors (Lipinski definition) is 2. The third-order valence-electron chi connectivity index (χ3n) is 4.79. The van der Waals surface area contributed by atoms with E-state index in [1.165, 1.54) is 5.56 Å². The molecule has 0 saturated carbocycles. The molecule has 0 aliphatic heterocycles. The predicted octanol–water partition coefficient (Wildman–Crippen LogP) is 6.62. The van der Waals surface area contributed by atoms with Crippen LogP contribution in [0.15, 0.2) is 78.9 Å². The molecule has 0 saturated heterocycles. The van der Waals surface area contributed by atoms with Gasteiger partial charge in [0.05, 0.1) is 0 Å². The van der Waals surface area contributed by atoms with Gasteiger partial charge in [0, 0.05) is 0 Å².